The second-order valence-electron chi connectivity index (χ2n) is 8.38. The molecule has 0 saturated carbocycles. The van der Waals surface area contributed by atoms with Gasteiger partial charge < -0.3 is 10.0 Å². The minimum Gasteiger partial charge on any atom is -0.387 e. The predicted molar refractivity (Wildman–Crippen MR) is 130 cm³/mol. The average Bonchev–Trinajstić information content (AvgIpc) is 2.79. The summed E-state index contributed by atoms with van der Waals surface area (Å²) in [6, 6.07) is 17.6. The lowest BCUT2D eigenvalue weighted by Crippen LogP contribution is -2.27. The average molecular weight is 486 g/mol. The molecule has 1 atom stereocenters. The first kappa shape index (κ1) is 25.5. The molecule has 4 nitrogen and oxygen atoms in total. The van der Waals surface area contributed by atoms with Crippen LogP contribution in [0.5, 0.6) is 0 Å². The van der Waals surface area contributed by atoms with Crippen molar-refractivity contribution in [3.63, 3.8) is 0 Å². The zero-order valence-corrected chi connectivity index (χ0v) is 19.9. The van der Waals surface area contributed by atoms with Gasteiger partial charge in [-0.05, 0) is 60.9 Å². The van der Waals surface area contributed by atoms with Crippen molar-refractivity contribution >= 4 is 29.0 Å². The second-order valence-corrected chi connectivity index (χ2v) is 8.82. The zero-order valence-electron chi connectivity index (χ0n) is 19.2. The number of hydrogen-bond donors (Lipinski definition) is 1. The van der Waals surface area contributed by atoms with Crippen molar-refractivity contribution < 1.29 is 23.5 Å². The molecule has 1 unspecified atom stereocenters. The number of benzene rings is 3. The minimum atomic E-state index is -3.35. The number of nitrogens with zero attached hydrogens (tertiary/aromatic N) is 1. The number of carbonyl (C=O) groups excluding carboxylic acids is 2. The lowest BCUT2D eigenvalue weighted by molar-refractivity contribution is -0.117. The van der Waals surface area contributed by atoms with Crippen LogP contribution >= 0.6 is 11.6 Å². The summed E-state index contributed by atoms with van der Waals surface area (Å²) in [5.74, 6) is -3.61. The van der Waals surface area contributed by atoms with Crippen molar-refractivity contribution in [2.75, 3.05) is 11.9 Å². The smallest absolute Gasteiger partial charge is 0.298 e. The summed E-state index contributed by atoms with van der Waals surface area (Å²) in [5, 5.41) is 9.85. The van der Waals surface area contributed by atoms with E-state index in [4.69, 9.17) is 11.6 Å². The molecule has 0 fully saturated rings. The van der Waals surface area contributed by atoms with Crippen LogP contribution in [0.2, 0.25) is 5.02 Å². The standard InChI is InChI=1S/C27H26ClF2NO3/c1-17-14-23(28)12-13-25(17)31(3)26(34)21-8-4-19(5-9-21)15-24(33)16-20-6-10-22(11-7-20)27(29,30)18(2)32/h4-14,18,32H,15-16H2,1-3H3. The van der Waals surface area contributed by atoms with Gasteiger partial charge in [0.1, 0.15) is 11.9 Å². The number of hydrogen-bond acceptors (Lipinski definition) is 3. The Bertz CT molecular complexity index is 1180. The van der Waals surface area contributed by atoms with Gasteiger partial charge in [-0.25, -0.2) is 0 Å². The SMILES string of the molecule is Cc1cc(Cl)ccc1N(C)C(=O)c1ccc(CC(=O)Cc2ccc(C(F)(F)C(C)O)cc2)cc1. The molecular weight excluding hydrogens is 460 g/mol. The molecule has 1 N–H and O–H groups in total. The van der Waals surface area contributed by atoms with Gasteiger partial charge in [0, 0.05) is 41.7 Å². The Morgan fingerprint density at radius 1 is 0.971 bits per heavy atom. The molecule has 0 aliphatic carbocycles. The molecule has 3 aromatic carbocycles. The second kappa shape index (κ2) is 10.5. The van der Waals surface area contributed by atoms with Gasteiger partial charge in [0.25, 0.3) is 11.8 Å². The Morgan fingerprint density at radius 3 is 2.00 bits per heavy atom. The van der Waals surface area contributed by atoms with Crippen LogP contribution in [-0.4, -0.2) is 29.9 Å². The molecule has 3 aromatic rings. The van der Waals surface area contributed by atoms with Crippen LogP contribution in [-0.2, 0) is 23.6 Å². The van der Waals surface area contributed by atoms with Crippen molar-refractivity contribution in [2.45, 2.75) is 38.7 Å². The third-order valence-electron chi connectivity index (χ3n) is 5.69. The fraction of sp³-hybridized carbons (Fsp3) is 0.259. The molecule has 0 radical (unpaired) electrons. The Kier molecular flexibility index (Phi) is 7.85. The molecule has 34 heavy (non-hydrogen) atoms. The van der Waals surface area contributed by atoms with Gasteiger partial charge in [-0.2, -0.15) is 8.78 Å². The highest BCUT2D eigenvalue weighted by Crippen LogP contribution is 2.31. The van der Waals surface area contributed by atoms with Crippen molar-refractivity contribution in [3.05, 3.63) is 99.6 Å². The molecule has 0 spiro atoms. The van der Waals surface area contributed by atoms with E-state index in [1.807, 2.05) is 6.92 Å². The van der Waals surface area contributed by atoms with Crippen molar-refractivity contribution in [1.82, 2.24) is 0 Å². The van der Waals surface area contributed by atoms with E-state index in [1.165, 1.54) is 24.3 Å². The van der Waals surface area contributed by atoms with Crippen molar-refractivity contribution in [1.29, 1.82) is 0 Å². The van der Waals surface area contributed by atoms with Crippen LogP contribution in [0.3, 0.4) is 0 Å². The number of anilines is 1. The highest BCUT2D eigenvalue weighted by atomic mass is 35.5. The van der Waals surface area contributed by atoms with Gasteiger partial charge in [0.15, 0.2) is 0 Å². The number of alkyl halides is 2. The molecule has 0 aliphatic rings. The summed E-state index contributed by atoms with van der Waals surface area (Å²) in [6.45, 7) is 2.92. The number of aliphatic hydroxyl groups is 1. The summed E-state index contributed by atoms with van der Waals surface area (Å²) in [4.78, 5) is 26.9. The Balaban J connectivity index is 1.62. The molecule has 0 heterocycles. The van der Waals surface area contributed by atoms with Gasteiger partial charge >= 0.3 is 0 Å². The predicted octanol–water partition coefficient (Wildman–Crippen LogP) is 5.75. The summed E-state index contributed by atoms with van der Waals surface area (Å²) in [7, 11) is 1.69. The van der Waals surface area contributed by atoms with Crippen molar-refractivity contribution in [2.24, 2.45) is 0 Å². The van der Waals surface area contributed by atoms with E-state index in [2.05, 4.69) is 0 Å². The van der Waals surface area contributed by atoms with E-state index in [0.29, 0.717) is 16.1 Å². The fourth-order valence-corrected chi connectivity index (χ4v) is 3.89. The van der Waals surface area contributed by atoms with E-state index in [-0.39, 0.29) is 30.1 Å². The monoisotopic (exact) mass is 485 g/mol. The lowest BCUT2D eigenvalue weighted by atomic mass is 9.98. The molecule has 7 heteroatoms. The molecule has 178 valence electrons. The fourth-order valence-electron chi connectivity index (χ4n) is 3.67. The Hall–Kier alpha value is -3.09. The topological polar surface area (TPSA) is 57.6 Å². The van der Waals surface area contributed by atoms with E-state index < -0.39 is 12.0 Å². The third-order valence-corrected chi connectivity index (χ3v) is 5.93. The number of carbonyl (C=O) groups is 2. The molecule has 0 aliphatic heterocycles. The summed E-state index contributed by atoms with van der Waals surface area (Å²) < 4.78 is 27.8. The number of ketones is 1. The van der Waals surface area contributed by atoms with Gasteiger partial charge in [-0.15, -0.1) is 0 Å². The first-order valence-electron chi connectivity index (χ1n) is 10.8. The van der Waals surface area contributed by atoms with Crippen molar-refractivity contribution in [3.8, 4) is 0 Å². The first-order valence-corrected chi connectivity index (χ1v) is 11.2. The maximum atomic E-state index is 13.9. The third kappa shape index (κ3) is 5.88. The summed E-state index contributed by atoms with van der Waals surface area (Å²) >= 11 is 5.99. The lowest BCUT2D eigenvalue weighted by Gasteiger charge is -2.20. The highest BCUT2D eigenvalue weighted by molar-refractivity contribution is 6.30. The molecule has 0 saturated heterocycles. The van der Waals surface area contributed by atoms with E-state index in [9.17, 15) is 23.5 Å². The van der Waals surface area contributed by atoms with E-state index in [0.717, 1.165) is 23.7 Å². The molecule has 0 aromatic heterocycles. The first-order chi connectivity index (χ1) is 16.0. The maximum absolute atomic E-state index is 13.9. The van der Waals surface area contributed by atoms with Gasteiger partial charge in [-0.3, -0.25) is 9.59 Å². The van der Waals surface area contributed by atoms with Crippen LogP contribution in [0.15, 0.2) is 66.7 Å². The molecule has 0 bridgehead atoms. The molecule has 3 rings (SSSR count). The Labute approximate surface area is 202 Å². The molecular formula is C27H26ClF2NO3. The van der Waals surface area contributed by atoms with Gasteiger partial charge in [-0.1, -0.05) is 48.0 Å². The maximum Gasteiger partial charge on any atom is 0.298 e. The number of aliphatic hydroxyl groups excluding tert-OH is 1. The number of halogens is 3. The zero-order chi connectivity index (χ0) is 25.0. The van der Waals surface area contributed by atoms with Crippen LogP contribution in [0.4, 0.5) is 14.5 Å². The van der Waals surface area contributed by atoms with E-state index in [1.54, 1.807) is 54.4 Å². The van der Waals surface area contributed by atoms with E-state index >= 15 is 0 Å². The molecule has 1 amide bonds. The normalized spacial score (nSPS) is 12.3. The van der Waals surface area contributed by atoms with Crippen LogP contribution < -0.4 is 4.90 Å². The Morgan fingerprint density at radius 2 is 1.50 bits per heavy atom. The minimum absolute atomic E-state index is 0.0805. The van der Waals surface area contributed by atoms with Crippen LogP contribution in [0.1, 0.15) is 39.5 Å². The van der Waals surface area contributed by atoms with Gasteiger partial charge in [0.2, 0.25) is 0 Å². The number of aryl methyl sites for hydroxylation is 1. The van der Waals surface area contributed by atoms with Crippen LogP contribution in [0, 0.1) is 6.92 Å². The quantitative estimate of drug-likeness (QED) is 0.442. The number of rotatable bonds is 8. The highest BCUT2D eigenvalue weighted by Gasteiger charge is 2.37. The van der Waals surface area contributed by atoms with Gasteiger partial charge in [0.05, 0.1) is 0 Å². The summed E-state index contributed by atoms with van der Waals surface area (Å²) in [5.41, 5.74) is 3.20. The number of Topliss-reactive ketones (excluding diaryl/α,β-unsaturated/α-hetero) is 1. The summed E-state index contributed by atoms with van der Waals surface area (Å²) in [6.07, 6.45) is -1.55. The number of amides is 1. The van der Waals surface area contributed by atoms with Crippen LogP contribution in [0.25, 0.3) is 0 Å². The largest absolute Gasteiger partial charge is 0.387 e.